The van der Waals surface area contributed by atoms with Crippen LogP contribution in [-0.2, 0) is 20.5 Å². The number of alkyl halides is 2. The first-order chi connectivity index (χ1) is 13.7. The molecule has 0 amide bonds. The second kappa shape index (κ2) is 5.59. The monoisotopic (exact) mass is 406 g/mol. The molecule has 4 fully saturated rings. The SMILES string of the molecule is COC(=O)c1ccc(C23CC(C(F)(F)C4(c5ccc(F)cc5F)CO4)(C2)C3)cc1. The molecular formula is C22H18F4O3. The smallest absolute Gasteiger partial charge is 0.337 e. The van der Waals surface area contributed by atoms with E-state index in [9.17, 15) is 13.6 Å². The van der Waals surface area contributed by atoms with E-state index in [1.54, 1.807) is 24.3 Å². The summed E-state index contributed by atoms with van der Waals surface area (Å²) in [4.78, 5) is 11.6. The van der Waals surface area contributed by atoms with E-state index in [0.29, 0.717) is 11.6 Å². The predicted molar refractivity (Wildman–Crippen MR) is 94.7 cm³/mol. The van der Waals surface area contributed by atoms with Crippen molar-refractivity contribution in [2.45, 2.75) is 36.2 Å². The average molecular weight is 406 g/mol. The molecule has 1 saturated heterocycles. The van der Waals surface area contributed by atoms with Crippen molar-refractivity contribution in [3.05, 3.63) is 70.8 Å². The third-order valence-corrected chi connectivity index (χ3v) is 6.92. The van der Waals surface area contributed by atoms with Crippen molar-refractivity contribution in [2.75, 3.05) is 13.7 Å². The Morgan fingerprint density at radius 1 is 1.07 bits per heavy atom. The van der Waals surface area contributed by atoms with E-state index < -0.39 is 34.5 Å². The van der Waals surface area contributed by atoms with Crippen LogP contribution in [0, 0.1) is 17.0 Å². The van der Waals surface area contributed by atoms with Gasteiger partial charge in [-0.3, -0.25) is 0 Å². The summed E-state index contributed by atoms with van der Waals surface area (Å²) >= 11 is 0. The maximum absolute atomic E-state index is 15.6. The first-order valence-corrected chi connectivity index (χ1v) is 9.35. The van der Waals surface area contributed by atoms with Crippen molar-refractivity contribution in [1.82, 2.24) is 0 Å². The third kappa shape index (κ3) is 2.25. The van der Waals surface area contributed by atoms with Gasteiger partial charge in [-0.2, -0.15) is 0 Å². The number of rotatable bonds is 5. The van der Waals surface area contributed by atoms with Gasteiger partial charge in [0.25, 0.3) is 5.92 Å². The van der Waals surface area contributed by atoms with Crippen molar-refractivity contribution in [1.29, 1.82) is 0 Å². The minimum absolute atomic E-state index is 0.262. The number of carbonyl (C=O) groups excluding carboxylic acids is 1. The normalized spacial score (nSPS) is 32.2. The molecule has 29 heavy (non-hydrogen) atoms. The standard InChI is InChI=1S/C22H18F4O3/c1-28-18(27)13-2-4-14(5-3-13)19-9-20(10-19,11-19)22(25,26)21(12-29-21)16-7-6-15(23)8-17(16)24/h2-8H,9-12H2,1H3. The van der Waals surface area contributed by atoms with E-state index in [-0.39, 0.29) is 36.8 Å². The van der Waals surface area contributed by atoms with Gasteiger partial charge in [0.1, 0.15) is 11.6 Å². The number of ether oxygens (including phenoxy) is 2. The zero-order chi connectivity index (χ0) is 20.7. The fourth-order valence-electron chi connectivity index (χ4n) is 5.33. The molecule has 3 aliphatic carbocycles. The Balaban J connectivity index is 1.38. The number of epoxide rings is 1. The fourth-order valence-corrected chi connectivity index (χ4v) is 5.33. The summed E-state index contributed by atoms with van der Waals surface area (Å²) in [7, 11) is 1.29. The van der Waals surface area contributed by atoms with Crippen molar-refractivity contribution in [3.63, 3.8) is 0 Å². The predicted octanol–water partition coefficient (Wildman–Crippen LogP) is 4.73. The van der Waals surface area contributed by atoms with Gasteiger partial charge in [-0.1, -0.05) is 12.1 Å². The van der Waals surface area contributed by atoms with Crippen LogP contribution in [0.25, 0.3) is 0 Å². The largest absolute Gasteiger partial charge is 0.465 e. The van der Waals surface area contributed by atoms with Gasteiger partial charge in [0.2, 0.25) is 0 Å². The lowest BCUT2D eigenvalue weighted by molar-refractivity contribution is -0.306. The van der Waals surface area contributed by atoms with Crippen LogP contribution in [0.4, 0.5) is 17.6 Å². The van der Waals surface area contributed by atoms with Crippen LogP contribution in [0.15, 0.2) is 42.5 Å². The Labute approximate surface area is 164 Å². The van der Waals surface area contributed by atoms with Gasteiger partial charge in [0, 0.05) is 17.0 Å². The van der Waals surface area contributed by atoms with Crippen molar-refractivity contribution in [2.24, 2.45) is 5.41 Å². The third-order valence-electron chi connectivity index (χ3n) is 6.92. The van der Waals surface area contributed by atoms with Gasteiger partial charge in [-0.05, 0) is 54.5 Å². The second-order valence-electron chi connectivity index (χ2n) is 8.47. The lowest BCUT2D eigenvalue weighted by atomic mass is 9.31. The number of halogens is 4. The lowest BCUT2D eigenvalue weighted by Crippen LogP contribution is -2.74. The maximum Gasteiger partial charge on any atom is 0.337 e. The van der Waals surface area contributed by atoms with E-state index in [0.717, 1.165) is 17.7 Å². The van der Waals surface area contributed by atoms with E-state index in [2.05, 4.69) is 4.74 Å². The number of hydrogen-bond acceptors (Lipinski definition) is 3. The maximum atomic E-state index is 15.6. The van der Waals surface area contributed by atoms with E-state index in [1.807, 2.05) is 0 Å². The van der Waals surface area contributed by atoms with E-state index in [4.69, 9.17) is 4.74 Å². The molecule has 0 aromatic heterocycles. The summed E-state index contributed by atoms with van der Waals surface area (Å²) < 4.78 is 68.4. The summed E-state index contributed by atoms with van der Waals surface area (Å²) in [5.41, 5.74) is -2.61. The van der Waals surface area contributed by atoms with Gasteiger partial charge in [0.05, 0.1) is 19.3 Å². The molecule has 4 aliphatic rings. The number of esters is 1. The van der Waals surface area contributed by atoms with E-state index in [1.165, 1.54) is 7.11 Å². The van der Waals surface area contributed by atoms with Gasteiger partial charge in [0.15, 0.2) is 5.60 Å². The highest BCUT2D eigenvalue weighted by Gasteiger charge is 2.85. The molecule has 152 valence electrons. The van der Waals surface area contributed by atoms with Crippen LogP contribution in [-0.4, -0.2) is 25.6 Å². The van der Waals surface area contributed by atoms with Crippen LogP contribution in [0.5, 0.6) is 0 Å². The van der Waals surface area contributed by atoms with Gasteiger partial charge in [-0.25, -0.2) is 22.4 Å². The second-order valence-corrected chi connectivity index (χ2v) is 8.47. The molecule has 7 heteroatoms. The number of hydrogen-bond donors (Lipinski definition) is 0. The first kappa shape index (κ1) is 18.6. The fraction of sp³-hybridized carbons (Fsp3) is 0.409. The van der Waals surface area contributed by atoms with Crippen LogP contribution in [0.3, 0.4) is 0 Å². The minimum atomic E-state index is -3.27. The van der Waals surface area contributed by atoms with Gasteiger partial charge in [-0.15, -0.1) is 0 Å². The van der Waals surface area contributed by atoms with Crippen LogP contribution >= 0.6 is 0 Å². The Kier molecular flexibility index (Phi) is 3.59. The number of carbonyl (C=O) groups is 1. The van der Waals surface area contributed by atoms with E-state index >= 15 is 8.78 Å². The van der Waals surface area contributed by atoms with Gasteiger partial charge >= 0.3 is 5.97 Å². The van der Waals surface area contributed by atoms with Crippen LogP contribution in [0.2, 0.25) is 0 Å². The zero-order valence-corrected chi connectivity index (χ0v) is 15.6. The zero-order valence-electron chi connectivity index (χ0n) is 15.6. The molecular weight excluding hydrogens is 388 g/mol. The molecule has 6 rings (SSSR count). The molecule has 0 N–H and O–H groups in total. The van der Waals surface area contributed by atoms with Gasteiger partial charge < -0.3 is 9.47 Å². The molecule has 2 bridgehead atoms. The molecule has 3 saturated carbocycles. The lowest BCUT2D eigenvalue weighted by Gasteiger charge is -2.73. The summed E-state index contributed by atoms with van der Waals surface area (Å²) in [5.74, 6) is -5.55. The molecule has 2 aromatic carbocycles. The van der Waals surface area contributed by atoms with Crippen molar-refractivity contribution >= 4 is 5.97 Å². The molecule has 1 aliphatic heterocycles. The van der Waals surface area contributed by atoms with Crippen molar-refractivity contribution in [3.8, 4) is 0 Å². The highest BCUT2D eigenvalue weighted by Crippen LogP contribution is 2.81. The van der Waals surface area contributed by atoms with Crippen molar-refractivity contribution < 1.29 is 31.8 Å². The van der Waals surface area contributed by atoms with Crippen LogP contribution in [0.1, 0.15) is 40.7 Å². The molecule has 1 atom stereocenters. The summed E-state index contributed by atoms with van der Waals surface area (Å²) in [5, 5.41) is 0. The molecule has 1 unspecified atom stereocenters. The first-order valence-electron chi connectivity index (χ1n) is 9.35. The Morgan fingerprint density at radius 2 is 1.69 bits per heavy atom. The molecule has 2 aromatic rings. The molecule has 3 nitrogen and oxygen atoms in total. The highest BCUT2D eigenvalue weighted by molar-refractivity contribution is 5.89. The molecule has 0 radical (unpaired) electrons. The quantitative estimate of drug-likeness (QED) is 0.409. The number of methoxy groups -OCH3 is 1. The Morgan fingerprint density at radius 3 is 2.21 bits per heavy atom. The van der Waals surface area contributed by atoms with Crippen LogP contribution < -0.4 is 0 Å². The Hall–Kier alpha value is -2.41. The Bertz CT molecular complexity index is 991. The average Bonchev–Trinajstić information content (AvgIpc) is 3.41. The summed E-state index contributed by atoms with van der Waals surface area (Å²) in [6.45, 7) is -0.287. The highest BCUT2D eigenvalue weighted by atomic mass is 19.3. The molecule has 1 heterocycles. The topological polar surface area (TPSA) is 38.8 Å². The summed E-state index contributed by atoms with van der Waals surface area (Å²) in [6, 6.07) is 9.45. The number of benzene rings is 2. The summed E-state index contributed by atoms with van der Waals surface area (Å²) in [6.07, 6.45) is 0.787. The minimum Gasteiger partial charge on any atom is -0.465 e. The molecule has 0 spiro atoms.